The van der Waals surface area contributed by atoms with Crippen LogP contribution in [0.4, 0.5) is 5.00 Å². The Hall–Kier alpha value is -1.69. The Labute approximate surface area is 138 Å². The molecule has 2 aliphatic carbocycles. The van der Waals surface area contributed by atoms with Crippen molar-refractivity contribution in [3.8, 4) is 0 Å². The van der Waals surface area contributed by atoms with Crippen LogP contribution in [0.2, 0.25) is 0 Å². The van der Waals surface area contributed by atoms with E-state index < -0.39 is 5.91 Å². The first-order valence-electron chi connectivity index (χ1n) is 8.21. The van der Waals surface area contributed by atoms with Gasteiger partial charge in [-0.1, -0.05) is 13.8 Å². The summed E-state index contributed by atoms with van der Waals surface area (Å²) in [6.07, 6.45) is 3.09. The Kier molecular flexibility index (Phi) is 3.17. The normalized spacial score (nSPS) is 32.2. The van der Waals surface area contributed by atoms with Crippen LogP contribution in [0.15, 0.2) is 6.07 Å². The average Bonchev–Trinajstić information content (AvgIpc) is 3.21. The lowest BCUT2D eigenvalue weighted by molar-refractivity contribution is -0.123. The van der Waals surface area contributed by atoms with E-state index in [0.29, 0.717) is 22.4 Å². The molecule has 122 valence electrons. The molecule has 1 aliphatic heterocycles. The monoisotopic (exact) mass is 332 g/mol. The first-order chi connectivity index (χ1) is 10.9. The maximum Gasteiger partial charge on any atom is 0.251 e. The van der Waals surface area contributed by atoms with E-state index in [1.54, 1.807) is 6.07 Å². The summed E-state index contributed by atoms with van der Waals surface area (Å²) in [5.41, 5.74) is 5.79. The molecule has 1 aromatic heterocycles. The molecule has 3 amide bonds. The summed E-state index contributed by atoms with van der Waals surface area (Å²) < 4.78 is 0. The molecule has 2 saturated carbocycles. The fourth-order valence-electron chi connectivity index (χ4n) is 4.64. The third-order valence-electron chi connectivity index (χ3n) is 5.70. The van der Waals surface area contributed by atoms with E-state index in [2.05, 4.69) is 0 Å². The van der Waals surface area contributed by atoms with Gasteiger partial charge >= 0.3 is 0 Å². The highest BCUT2D eigenvalue weighted by atomic mass is 32.1. The van der Waals surface area contributed by atoms with E-state index in [4.69, 9.17) is 5.73 Å². The fraction of sp³-hybridized carbons (Fsp3) is 0.588. The molecule has 5 nitrogen and oxygen atoms in total. The number of nitrogens with zero attached hydrogens (tertiary/aromatic N) is 1. The average molecular weight is 332 g/mol. The highest BCUT2D eigenvalue weighted by Gasteiger charge is 2.61. The molecule has 2 bridgehead atoms. The van der Waals surface area contributed by atoms with E-state index in [9.17, 15) is 14.4 Å². The molecule has 2 heterocycles. The van der Waals surface area contributed by atoms with Crippen LogP contribution >= 0.6 is 11.3 Å². The van der Waals surface area contributed by atoms with Crippen LogP contribution in [-0.2, 0) is 9.59 Å². The van der Waals surface area contributed by atoms with Crippen molar-refractivity contribution in [2.24, 2.45) is 29.4 Å². The fourth-order valence-corrected chi connectivity index (χ4v) is 5.81. The molecule has 6 heteroatoms. The molecule has 3 fully saturated rings. The second-order valence-corrected chi connectivity index (χ2v) is 8.35. The first kappa shape index (κ1) is 14.9. The predicted octanol–water partition coefficient (Wildman–Crippen LogP) is 2.51. The Morgan fingerprint density at radius 1 is 1.22 bits per heavy atom. The number of thiophene rings is 1. The zero-order valence-electron chi connectivity index (χ0n) is 13.2. The number of primary amides is 1. The minimum atomic E-state index is -0.580. The van der Waals surface area contributed by atoms with Crippen molar-refractivity contribution in [2.75, 3.05) is 4.90 Å². The summed E-state index contributed by atoms with van der Waals surface area (Å²) in [5, 5.41) is 0.435. The van der Waals surface area contributed by atoms with Gasteiger partial charge in [-0.05, 0) is 43.1 Å². The Balaban J connectivity index is 1.78. The van der Waals surface area contributed by atoms with Crippen LogP contribution in [0.3, 0.4) is 0 Å². The van der Waals surface area contributed by atoms with Crippen molar-refractivity contribution in [1.82, 2.24) is 0 Å². The standard InChI is InChI=1S/C17H20N2O3S/c1-7(2)11-6-10(14(18)20)17(23-11)19-15(21)12-8-3-4-9(5-8)13(12)16(19)22/h6-9,12-13H,3-5H2,1-2H3,(H2,18,20)/t8-,9+,12-,13-/m0/s1. The minimum absolute atomic E-state index is 0.119. The van der Waals surface area contributed by atoms with Gasteiger partial charge in [0.15, 0.2) is 0 Å². The molecule has 3 aliphatic rings. The summed E-state index contributed by atoms with van der Waals surface area (Å²) in [7, 11) is 0. The lowest BCUT2D eigenvalue weighted by Crippen LogP contribution is -2.33. The number of hydrogen-bond acceptors (Lipinski definition) is 4. The summed E-state index contributed by atoms with van der Waals surface area (Å²) >= 11 is 1.35. The lowest BCUT2D eigenvalue weighted by atomic mass is 9.81. The van der Waals surface area contributed by atoms with Gasteiger partial charge in [0.1, 0.15) is 5.00 Å². The van der Waals surface area contributed by atoms with Gasteiger partial charge in [-0.2, -0.15) is 0 Å². The lowest BCUT2D eigenvalue weighted by Gasteiger charge is -2.19. The van der Waals surface area contributed by atoms with Crippen molar-refractivity contribution < 1.29 is 14.4 Å². The zero-order valence-corrected chi connectivity index (χ0v) is 14.1. The maximum atomic E-state index is 12.9. The Bertz CT molecular complexity index is 695. The molecule has 4 atom stereocenters. The van der Waals surface area contributed by atoms with Gasteiger partial charge in [0.25, 0.3) is 5.91 Å². The SMILES string of the molecule is CC(C)c1cc(C(N)=O)c(N2C(=O)[C@H]3[C@@H]4CC[C@@H](C4)[C@@H]3C2=O)s1. The zero-order chi connectivity index (χ0) is 16.5. The molecule has 23 heavy (non-hydrogen) atoms. The number of carbonyl (C=O) groups is 3. The van der Waals surface area contributed by atoms with Gasteiger partial charge in [-0.3, -0.25) is 14.4 Å². The van der Waals surface area contributed by atoms with Crippen molar-refractivity contribution in [3.63, 3.8) is 0 Å². The highest BCUT2D eigenvalue weighted by Crippen LogP contribution is 2.57. The molecular weight excluding hydrogens is 312 g/mol. The molecule has 0 spiro atoms. The van der Waals surface area contributed by atoms with Crippen LogP contribution in [0.1, 0.15) is 54.3 Å². The Morgan fingerprint density at radius 3 is 2.26 bits per heavy atom. The van der Waals surface area contributed by atoms with Crippen LogP contribution in [0.25, 0.3) is 0 Å². The van der Waals surface area contributed by atoms with E-state index in [-0.39, 0.29) is 29.6 Å². The van der Waals surface area contributed by atoms with Crippen LogP contribution < -0.4 is 10.6 Å². The van der Waals surface area contributed by atoms with Gasteiger partial charge in [0.05, 0.1) is 17.4 Å². The first-order valence-corrected chi connectivity index (χ1v) is 9.03. The van der Waals surface area contributed by atoms with Gasteiger partial charge in [0, 0.05) is 4.88 Å². The highest BCUT2D eigenvalue weighted by molar-refractivity contribution is 7.17. The molecule has 0 aromatic carbocycles. The number of hydrogen-bond donors (Lipinski definition) is 1. The summed E-state index contributed by atoms with van der Waals surface area (Å²) in [4.78, 5) is 39.8. The summed E-state index contributed by atoms with van der Waals surface area (Å²) in [5.74, 6) is -0.267. The summed E-state index contributed by atoms with van der Waals surface area (Å²) in [6.45, 7) is 4.03. The van der Waals surface area contributed by atoms with Crippen molar-refractivity contribution >= 4 is 34.1 Å². The molecule has 2 N–H and O–H groups in total. The maximum absolute atomic E-state index is 12.9. The minimum Gasteiger partial charge on any atom is -0.366 e. The predicted molar refractivity (Wildman–Crippen MR) is 87.2 cm³/mol. The summed E-state index contributed by atoms with van der Waals surface area (Å²) in [6, 6.07) is 1.73. The van der Waals surface area contributed by atoms with E-state index in [0.717, 1.165) is 24.1 Å². The topological polar surface area (TPSA) is 80.5 Å². The van der Waals surface area contributed by atoms with Crippen LogP contribution in [-0.4, -0.2) is 17.7 Å². The second-order valence-electron chi connectivity index (χ2n) is 7.28. The third-order valence-corrected chi connectivity index (χ3v) is 7.12. The molecule has 1 aromatic rings. The largest absolute Gasteiger partial charge is 0.366 e. The van der Waals surface area contributed by atoms with Gasteiger partial charge in [-0.15, -0.1) is 11.3 Å². The van der Waals surface area contributed by atoms with Gasteiger partial charge < -0.3 is 5.73 Å². The van der Waals surface area contributed by atoms with Crippen molar-refractivity contribution in [1.29, 1.82) is 0 Å². The van der Waals surface area contributed by atoms with Crippen LogP contribution in [0.5, 0.6) is 0 Å². The third kappa shape index (κ3) is 1.94. The molecular formula is C17H20N2O3S. The number of imide groups is 1. The molecule has 0 radical (unpaired) electrons. The van der Waals surface area contributed by atoms with E-state index in [1.165, 1.54) is 16.2 Å². The van der Waals surface area contributed by atoms with Crippen molar-refractivity contribution in [3.05, 3.63) is 16.5 Å². The quantitative estimate of drug-likeness (QED) is 0.864. The number of rotatable bonds is 3. The van der Waals surface area contributed by atoms with Gasteiger partial charge in [-0.25, -0.2) is 4.90 Å². The number of amides is 3. The molecule has 1 saturated heterocycles. The number of fused-ring (bicyclic) bond motifs is 5. The van der Waals surface area contributed by atoms with Crippen LogP contribution in [0, 0.1) is 23.7 Å². The number of anilines is 1. The smallest absolute Gasteiger partial charge is 0.251 e. The van der Waals surface area contributed by atoms with E-state index >= 15 is 0 Å². The van der Waals surface area contributed by atoms with Crippen molar-refractivity contribution in [2.45, 2.75) is 39.0 Å². The number of carbonyl (C=O) groups excluding carboxylic acids is 3. The molecule has 0 unspecified atom stereocenters. The Morgan fingerprint density at radius 2 is 1.78 bits per heavy atom. The second kappa shape index (κ2) is 4.90. The van der Waals surface area contributed by atoms with Gasteiger partial charge in [0.2, 0.25) is 11.8 Å². The number of nitrogens with two attached hydrogens (primary N) is 1. The molecule has 4 rings (SSSR count). The van der Waals surface area contributed by atoms with E-state index in [1.807, 2.05) is 13.8 Å².